The molecule has 0 saturated heterocycles. The third-order valence-corrected chi connectivity index (χ3v) is 8.63. The van der Waals surface area contributed by atoms with E-state index in [9.17, 15) is 18.0 Å². The van der Waals surface area contributed by atoms with Crippen LogP contribution in [0.4, 0.5) is 5.69 Å². The molecule has 2 amide bonds. The van der Waals surface area contributed by atoms with E-state index in [0.717, 1.165) is 46.8 Å². The zero-order valence-electron chi connectivity index (χ0n) is 22.2. The van der Waals surface area contributed by atoms with Gasteiger partial charge in [-0.3, -0.25) is 13.9 Å². The van der Waals surface area contributed by atoms with Crippen LogP contribution in [0, 0.1) is 13.8 Å². The number of aryl methyl sites for hydroxylation is 2. The number of halogens is 1. The van der Waals surface area contributed by atoms with Gasteiger partial charge in [0.05, 0.1) is 11.9 Å². The maximum atomic E-state index is 13.5. The minimum absolute atomic E-state index is 0.133. The molecule has 3 rings (SSSR count). The molecule has 2 aromatic carbocycles. The molecule has 0 bridgehead atoms. The highest BCUT2D eigenvalue weighted by atomic mass is 79.9. The fourth-order valence-electron chi connectivity index (χ4n) is 4.73. The van der Waals surface area contributed by atoms with Gasteiger partial charge in [-0.15, -0.1) is 0 Å². The summed E-state index contributed by atoms with van der Waals surface area (Å²) in [5.41, 5.74) is 3.38. The highest BCUT2D eigenvalue weighted by molar-refractivity contribution is 9.10. The molecule has 0 aliphatic heterocycles. The normalized spacial score (nSPS) is 14.8. The van der Waals surface area contributed by atoms with Gasteiger partial charge >= 0.3 is 0 Å². The second-order valence-electron chi connectivity index (χ2n) is 10.0. The molecule has 1 aliphatic carbocycles. The Morgan fingerprint density at radius 1 is 1.08 bits per heavy atom. The van der Waals surface area contributed by atoms with E-state index in [1.54, 1.807) is 11.8 Å². The van der Waals surface area contributed by atoms with Crippen LogP contribution in [-0.4, -0.2) is 50.0 Å². The second kappa shape index (κ2) is 12.9. The van der Waals surface area contributed by atoms with Crippen LogP contribution >= 0.6 is 15.9 Å². The number of benzene rings is 2. The lowest BCUT2D eigenvalue weighted by Crippen LogP contribution is -2.49. The lowest BCUT2D eigenvalue weighted by molar-refractivity contribution is -0.141. The van der Waals surface area contributed by atoms with Crippen molar-refractivity contribution in [1.82, 2.24) is 10.2 Å². The number of nitrogens with one attached hydrogen (secondary N) is 1. The summed E-state index contributed by atoms with van der Waals surface area (Å²) in [4.78, 5) is 28.1. The summed E-state index contributed by atoms with van der Waals surface area (Å²) in [5.74, 6) is -0.322. The summed E-state index contributed by atoms with van der Waals surface area (Å²) in [6.45, 7) is 6.05. The number of anilines is 1. The number of nitrogens with zero attached hydrogens (tertiary/aromatic N) is 2. The molecule has 0 heterocycles. The highest BCUT2D eigenvalue weighted by Crippen LogP contribution is 2.25. The predicted molar refractivity (Wildman–Crippen MR) is 152 cm³/mol. The molecule has 9 heteroatoms. The number of sulfonamides is 1. The Morgan fingerprint density at radius 2 is 1.73 bits per heavy atom. The van der Waals surface area contributed by atoms with Gasteiger partial charge < -0.3 is 10.2 Å². The summed E-state index contributed by atoms with van der Waals surface area (Å²) in [6.07, 6.45) is 5.82. The van der Waals surface area contributed by atoms with E-state index in [-0.39, 0.29) is 30.8 Å². The Morgan fingerprint density at radius 3 is 2.35 bits per heavy atom. The lowest BCUT2D eigenvalue weighted by atomic mass is 10.1. The number of amides is 2. The van der Waals surface area contributed by atoms with E-state index in [1.165, 1.54) is 10.6 Å². The fourth-order valence-corrected chi connectivity index (χ4v) is 6.01. The van der Waals surface area contributed by atoms with Gasteiger partial charge in [0, 0.05) is 30.0 Å². The van der Waals surface area contributed by atoms with Crippen LogP contribution in [0.5, 0.6) is 0 Å². The summed E-state index contributed by atoms with van der Waals surface area (Å²) < 4.78 is 27.5. The Hall–Kier alpha value is -2.39. The third kappa shape index (κ3) is 8.30. The molecule has 1 saturated carbocycles. The third-order valence-electron chi connectivity index (χ3n) is 6.92. The first-order valence-electron chi connectivity index (χ1n) is 12.8. The largest absolute Gasteiger partial charge is 0.352 e. The molecule has 1 aliphatic rings. The van der Waals surface area contributed by atoms with Crippen molar-refractivity contribution < 1.29 is 18.0 Å². The molecule has 1 atom stereocenters. The summed E-state index contributed by atoms with van der Waals surface area (Å²) in [5, 5.41) is 3.11. The van der Waals surface area contributed by atoms with Crippen LogP contribution in [0.25, 0.3) is 0 Å². The standard InChI is InChI=1S/C28H38BrN3O4S/c1-20-11-12-21(2)26(18-20)32(37(4,35)36)17-7-10-27(33)31(19-23-13-15-24(29)16-14-23)22(3)28(34)30-25-8-5-6-9-25/h11-16,18,22,25H,5-10,17,19H2,1-4H3,(H,30,34). The van der Waals surface area contributed by atoms with Gasteiger partial charge in [0.1, 0.15) is 6.04 Å². The van der Waals surface area contributed by atoms with Crippen LogP contribution in [0.3, 0.4) is 0 Å². The van der Waals surface area contributed by atoms with Crippen molar-refractivity contribution in [2.45, 2.75) is 77.9 Å². The summed E-state index contributed by atoms with van der Waals surface area (Å²) in [7, 11) is -3.53. The van der Waals surface area contributed by atoms with Crippen LogP contribution in [0.2, 0.25) is 0 Å². The monoisotopic (exact) mass is 591 g/mol. The SMILES string of the molecule is Cc1ccc(C)c(N(CCCC(=O)N(Cc2ccc(Br)cc2)C(C)C(=O)NC2CCCC2)S(C)(=O)=O)c1. The van der Waals surface area contributed by atoms with E-state index in [1.807, 2.05) is 56.3 Å². The van der Waals surface area contributed by atoms with Crippen molar-refractivity contribution in [3.63, 3.8) is 0 Å². The number of carbonyl (C=O) groups is 2. The van der Waals surface area contributed by atoms with Gasteiger partial charge in [-0.1, -0.05) is 53.0 Å². The first kappa shape index (κ1) is 29.2. The van der Waals surface area contributed by atoms with Gasteiger partial charge in [-0.05, 0) is 74.9 Å². The van der Waals surface area contributed by atoms with Gasteiger partial charge in [0.2, 0.25) is 21.8 Å². The van der Waals surface area contributed by atoms with Crippen molar-refractivity contribution in [3.05, 3.63) is 63.6 Å². The molecule has 0 spiro atoms. The van der Waals surface area contributed by atoms with E-state index >= 15 is 0 Å². The van der Waals surface area contributed by atoms with Crippen LogP contribution < -0.4 is 9.62 Å². The van der Waals surface area contributed by atoms with Crippen molar-refractivity contribution in [1.29, 1.82) is 0 Å². The highest BCUT2D eigenvalue weighted by Gasteiger charge is 2.29. The summed E-state index contributed by atoms with van der Waals surface area (Å²) >= 11 is 3.44. The quantitative estimate of drug-likeness (QED) is 0.394. The molecular formula is C28H38BrN3O4S. The first-order valence-corrected chi connectivity index (χ1v) is 15.5. The molecule has 1 unspecified atom stereocenters. The molecule has 202 valence electrons. The first-order chi connectivity index (χ1) is 17.5. The molecule has 0 radical (unpaired) electrons. The zero-order chi connectivity index (χ0) is 27.2. The minimum atomic E-state index is -3.53. The Bertz CT molecular complexity index is 1190. The van der Waals surface area contributed by atoms with E-state index < -0.39 is 16.1 Å². The molecule has 1 N–H and O–H groups in total. The van der Waals surface area contributed by atoms with E-state index in [4.69, 9.17) is 0 Å². The van der Waals surface area contributed by atoms with Crippen LogP contribution in [0.1, 0.15) is 62.1 Å². The number of rotatable bonds is 11. The average Bonchev–Trinajstić information content (AvgIpc) is 3.35. The zero-order valence-corrected chi connectivity index (χ0v) is 24.6. The maximum absolute atomic E-state index is 13.5. The molecule has 37 heavy (non-hydrogen) atoms. The van der Waals surface area contributed by atoms with Gasteiger partial charge in [0.15, 0.2) is 0 Å². The molecule has 0 aromatic heterocycles. The van der Waals surface area contributed by atoms with Crippen molar-refractivity contribution in [3.8, 4) is 0 Å². The van der Waals surface area contributed by atoms with Crippen molar-refractivity contribution in [2.24, 2.45) is 0 Å². The Balaban J connectivity index is 1.73. The Kier molecular flexibility index (Phi) is 10.2. The second-order valence-corrected chi connectivity index (χ2v) is 12.9. The van der Waals surface area contributed by atoms with Crippen LogP contribution in [0.15, 0.2) is 46.9 Å². The lowest BCUT2D eigenvalue weighted by Gasteiger charge is -2.30. The van der Waals surface area contributed by atoms with Gasteiger partial charge in [-0.25, -0.2) is 8.42 Å². The summed E-state index contributed by atoms with van der Waals surface area (Å²) in [6, 6.07) is 12.9. The van der Waals surface area contributed by atoms with Crippen molar-refractivity contribution in [2.75, 3.05) is 17.1 Å². The molecule has 1 fully saturated rings. The minimum Gasteiger partial charge on any atom is -0.352 e. The molecular weight excluding hydrogens is 554 g/mol. The van der Waals surface area contributed by atoms with Crippen LogP contribution in [-0.2, 0) is 26.2 Å². The van der Waals surface area contributed by atoms with E-state index in [2.05, 4.69) is 21.2 Å². The van der Waals surface area contributed by atoms with E-state index in [0.29, 0.717) is 18.7 Å². The topological polar surface area (TPSA) is 86.8 Å². The van der Waals surface area contributed by atoms with Gasteiger partial charge in [0.25, 0.3) is 0 Å². The van der Waals surface area contributed by atoms with Crippen molar-refractivity contribution >= 4 is 43.5 Å². The number of hydrogen-bond acceptors (Lipinski definition) is 4. The number of carbonyl (C=O) groups excluding carboxylic acids is 2. The Labute approximate surface area is 229 Å². The predicted octanol–water partition coefficient (Wildman–Crippen LogP) is 5.09. The average molecular weight is 593 g/mol. The van der Waals surface area contributed by atoms with Gasteiger partial charge in [-0.2, -0.15) is 0 Å². The fraction of sp³-hybridized carbons (Fsp3) is 0.500. The molecule has 2 aromatic rings. The smallest absolute Gasteiger partial charge is 0.242 e. The maximum Gasteiger partial charge on any atom is 0.242 e. The number of hydrogen-bond donors (Lipinski definition) is 1. The molecule has 7 nitrogen and oxygen atoms in total.